The van der Waals surface area contributed by atoms with E-state index in [2.05, 4.69) is 0 Å². The van der Waals surface area contributed by atoms with Crippen molar-refractivity contribution in [2.45, 2.75) is 12.4 Å². The minimum Gasteiger partial charge on any atom is -0.370 e. The van der Waals surface area contributed by atoms with Gasteiger partial charge in [-0.2, -0.15) is 0 Å². The predicted octanol–water partition coefficient (Wildman–Crippen LogP) is 4.11. The number of alkyl halides is 1. The smallest absolute Gasteiger partial charge is 0.273 e. The molecule has 0 aliphatic rings. The van der Waals surface area contributed by atoms with Crippen LogP contribution in [0.25, 0.3) is 0 Å². The van der Waals surface area contributed by atoms with Crippen molar-refractivity contribution >= 4 is 23.0 Å². The minimum atomic E-state index is -0.450. The van der Waals surface area contributed by atoms with E-state index in [4.69, 9.17) is 11.6 Å². The van der Waals surface area contributed by atoms with Crippen molar-refractivity contribution in [3.63, 3.8) is 0 Å². The molecule has 0 atom stereocenters. The summed E-state index contributed by atoms with van der Waals surface area (Å²) in [7, 11) is 1.84. The van der Waals surface area contributed by atoms with Crippen LogP contribution in [0, 0.1) is 15.9 Å². The number of hydrogen-bond donors (Lipinski definition) is 0. The summed E-state index contributed by atoms with van der Waals surface area (Å²) in [5.74, 6) is -0.219. The van der Waals surface area contributed by atoms with Crippen LogP contribution in [0.1, 0.15) is 11.1 Å². The highest BCUT2D eigenvalue weighted by atomic mass is 35.5. The lowest BCUT2D eigenvalue weighted by Gasteiger charge is -2.20. The summed E-state index contributed by atoms with van der Waals surface area (Å²) in [6.45, 7) is 0.497. The first-order valence-corrected chi connectivity index (χ1v) is 6.83. The standard InChI is InChI=1S/C15H14ClFN2O2/c1-18(10-11-3-2-4-13(17)7-11)14-5-6-15(19(20)21)12(8-14)9-16/h2-8H,9-10H2,1H3. The summed E-state index contributed by atoms with van der Waals surface area (Å²) in [6, 6.07) is 11.1. The van der Waals surface area contributed by atoms with Gasteiger partial charge in [0.25, 0.3) is 5.69 Å². The summed E-state index contributed by atoms with van der Waals surface area (Å²) < 4.78 is 13.2. The van der Waals surface area contributed by atoms with Crippen LogP contribution in [-0.2, 0) is 12.4 Å². The van der Waals surface area contributed by atoms with E-state index in [1.165, 1.54) is 18.2 Å². The molecule has 21 heavy (non-hydrogen) atoms. The van der Waals surface area contributed by atoms with E-state index in [0.29, 0.717) is 12.1 Å². The Balaban J connectivity index is 2.23. The molecule has 2 aromatic rings. The number of anilines is 1. The molecular weight excluding hydrogens is 295 g/mol. The molecule has 0 heterocycles. The Labute approximate surface area is 126 Å². The van der Waals surface area contributed by atoms with Gasteiger partial charge in [-0.05, 0) is 29.8 Å². The lowest BCUT2D eigenvalue weighted by Crippen LogP contribution is -2.16. The number of hydrogen-bond acceptors (Lipinski definition) is 3. The lowest BCUT2D eigenvalue weighted by molar-refractivity contribution is -0.385. The molecule has 4 nitrogen and oxygen atoms in total. The molecule has 0 amide bonds. The zero-order valence-corrected chi connectivity index (χ0v) is 12.2. The quantitative estimate of drug-likeness (QED) is 0.474. The summed E-state index contributed by atoms with van der Waals surface area (Å²) in [5, 5.41) is 10.9. The van der Waals surface area contributed by atoms with Gasteiger partial charge in [0.15, 0.2) is 0 Å². The van der Waals surface area contributed by atoms with E-state index < -0.39 is 4.92 Å². The number of rotatable bonds is 5. The van der Waals surface area contributed by atoms with Gasteiger partial charge in [-0.1, -0.05) is 12.1 Å². The van der Waals surface area contributed by atoms with E-state index in [-0.39, 0.29) is 17.4 Å². The Morgan fingerprint density at radius 2 is 2.05 bits per heavy atom. The molecule has 0 N–H and O–H groups in total. The molecule has 0 saturated carbocycles. The molecule has 0 radical (unpaired) electrons. The second-order valence-corrected chi connectivity index (χ2v) is 4.96. The van der Waals surface area contributed by atoms with E-state index in [9.17, 15) is 14.5 Å². The fourth-order valence-corrected chi connectivity index (χ4v) is 2.31. The molecule has 0 spiro atoms. The number of benzene rings is 2. The molecule has 0 saturated heterocycles. The van der Waals surface area contributed by atoms with Gasteiger partial charge < -0.3 is 4.90 Å². The first-order chi connectivity index (χ1) is 10.0. The van der Waals surface area contributed by atoms with Crippen LogP contribution in [0.2, 0.25) is 0 Å². The first-order valence-electron chi connectivity index (χ1n) is 6.30. The fraction of sp³-hybridized carbons (Fsp3) is 0.200. The van der Waals surface area contributed by atoms with Crippen LogP contribution in [-0.4, -0.2) is 12.0 Å². The van der Waals surface area contributed by atoms with E-state index in [1.807, 2.05) is 18.0 Å². The van der Waals surface area contributed by atoms with Crippen LogP contribution < -0.4 is 4.90 Å². The van der Waals surface area contributed by atoms with Crippen molar-refractivity contribution in [3.05, 3.63) is 69.5 Å². The van der Waals surface area contributed by atoms with Crippen LogP contribution in [0.15, 0.2) is 42.5 Å². The Hall–Kier alpha value is -2.14. The van der Waals surface area contributed by atoms with Crippen molar-refractivity contribution in [2.75, 3.05) is 11.9 Å². The van der Waals surface area contributed by atoms with Crippen LogP contribution in [0.3, 0.4) is 0 Å². The maximum absolute atomic E-state index is 13.2. The molecule has 0 bridgehead atoms. The second-order valence-electron chi connectivity index (χ2n) is 4.69. The summed E-state index contributed by atoms with van der Waals surface area (Å²) in [5.41, 5.74) is 2.09. The van der Waals surface area contributed by atoms with Crippen molar-refractivity contribution in [1.29, 1.82) is 0 Å². The number of nitro benzene ring substituents is 1. The van der Waals surface area contributed by atoms with Crippen molar-refractivity contribution in [2.24, 2.45) is 0 Å². The third-order valence-corrected chi connectivity index (χ3v) is 3.44. The number of nitrogens with zero attached hydrogens (tertiary/aromatic N) is 2. The summed E-state index contributed by atoms with van der Waals surface area (Å²) >= 11 is 5.76. The van der Waals surface area contributed by atoms with Gasteiger partial charge in [-0.15, -0.1) is 11.6 Å². The van der Waals surface area contributed by atoms with Crippen molar-refractivity contribution in [1.82, 2.24) is 0 Å². The molecule has 0 unspecified atom stereocenters. The van der Waals surface area contributed by atoms with Gasteiger partial charge in [0.05, 0.1) is 10.8 Å². The molecule has 0 aliphatic carbocycles. The number of nitro groups is 1. The predicted molar refractivity (Wildman–Crippen MR) is 81.2 cm³/mol. The second kappa shape index (κ2) is 6.54. The SMILES string of the molecule is CN(Cc1cccc(F)c1)c1ccc([N+](=O)[O-])c(CCl)c1. The Bertz CT molecular complexity index is 664. The molecule has 2 rings (SSSR count). The highest BCUT2D eigenvalue weighted by Gasteiger charge is 2.14. The van der Waals surface area contributed by atoms with E-state index >= 15 is 0 Å². The summed E-state index contributed by atoms with van der Waals surface area (Å²) in [4.78, 5) is 12.3. The normalized spacial score (nSPS) is 10.4. The van der Waals surface area contributed by atoms with Crippen LogP contribution >= 0.6 is 11.6 Å². The topological polar surface area (TPSA) is 46.4 Å². The van der Waals surface area contributed by atoms with Gasteiger partial charge in [0.1, 0.15) is 5.82 Å². The van der Waals surface area contributed by atoms with Gasteiger partial charge >= 0.3 is 0 Å². The monoisotopic (exact) mass is 308 g/mol. The largest absolute Gasteiger partial charge is 0.370 e. The molecule has 2 aromatic carbocycles. The third-order valence-electron chi connectivity index (χ3n) is 3.15. The van der Waals surface area contributed by atoms with Gasteiger partial charge in [-0.25, -0.2) is 4.39 Å². The zero-order valence-electron chi connectivity index (χ0n) is 11.4. The van der Waals surface area contributed by atoms with Crippen molar-refractivity contribution in [3.8, 4) is 0 Å². The third kappa shape index (κ3) is 3.70. The zero-order chi connectivity index (χ0) is 15.4. The number of halogens is 2. The molecule has 110 valence electrons. The summed E-state index contributed by atoms with van der Waals surface area (Å²) in [6.07, 6.45) is 0. The van der Waals surface area contributed by atoms with Gasteiger partial charge in [0, 0.05) is 30.9 Å². The molecule has 0 fully saturated rings. The van der Waals surface area contributed by atoms with Crippen LogP contribution in [0.5, 0.6) is 0 Å². The Morgan fingerprint density at radius 3 is 2.67 bits per heavy atom. The Kier molecular flexibility index (Phi) is 4.75. The van der Waals surface area contributed by atoms with E-state index in [1.54, 1.807) is 18.2 Å². The van der Waals surface area contributed by atoms with Gasteiger partial charge in [0.2, 0.25) is 0 Å². The Morgan fingerprint density at radius 1 is 1.29 bits per heavy atom. The van der Waals surface area contributed by atoms with E-state index in [0.717, 1.165) is 11.3 Å². The molecule has 6 heteroatoms. The average molecular weight is 309 g/mol. The highest BCUT2D eigenvalue weighted by Crippen LogP contribution is 2.26. The fourth-order valence-electron chi connectivity index (χ4n) is 2.09. The highest BCUT2D eigenvalue weighted by molar-refractivity contribution is 6.17. The maximum atomic E-state index is 13.2. The first kappa shape index (κ1) is 15.3. The molecule has 0 aromatic heterocycles. The average Bonchev–Trinajstić information content (AvgIpc) is 2.46. The molecular formula is C15H14ClFN2O2. The minimum absolute atomic E-state index is 0.00732. The van der Waals surface area contributed by atoms with Gasteiger partial charge in [-0.3, -0.25) is 10.1 Å². The van der Waals surface area contributed by atoms with Crippen LogP contribution in [0.4, 0.5) is 15.8 Å². The van der Waals surface area contributed by atoms with Crippen molar-refractivity contribution < 1.29 is 9.31 Å². The maximum Gasteiger partial charge on any atom is 0.273 e. The molecule has 0 aliphatic heterocycles. The lowest BCUT2D eigenvalue weighted by atomic mass is 10.1.